The third-order valence-electron chi connectivity index (χ3n) is 8.66. The minimum Gasteiger partial charge on any atom is -0.461 e. The number of carbonyl (C=O) groups is 1. The Labute approximate surface area is 179 Å². The zero-order chi connectivity index (χ0) is 20.5. The summed E-state index contributed by atoms with van der Waals surface area (Å²) in [5, 5.41) is 0. The van der Waals surface area contributed by atoms with Gasteiger partial charge in [-0.2, -0.15) is 0 Å². The van der Waals surface area contributed by atoms with Gasteiger partial charge in [-0.15, -0.1) is 0 Å². The van der Waals surface area contributed by atoms with E-state index in [2.05, 4.69) is 53.6 Å². The minimum atomic E-state index is -0.0999. The molecule has 0 unspecified atom stereocenters. The van der Waals surface area contributed by atoms with Gasteiger partial charge in [0.2, 0.25) is 0 Å². The number of ether oxygens (including phenoxy) is 2. The van der Waals surface area contributed by atoms with E-state index in [1.165, 1.54) is 11.3 Å². The lowest BCUT2D eigenvalue weighted by Crippen LogP contribution is -2.49. The Morgan fingerprint density at radius 2 is 1.93 bits per heavy atom. The van der Waals surface area contributed by atoms with E-state index in [4.69, 9.17) is 9.47 Å². The van der Waals surface area contributed by atoms with Crippen LogP contribution in [0.2, 0.25) is 0 Å². The Morgan fingerprint density at radius 1 is 1.17 bits per heavy atom. The zero-order valence-corrected chi connectivity index (χ0v) is 17.8. The summed E-state index contributed by atoms with van der Waals surface area (Å²) in [5.74, 6) is 1.08. The molecule has 3 aliphatic heterocycles. The van der Waals surface area contributed by atoms with Gasteiger partial charge in [0.25, 0.3) is 0 Å². The highest BCUT2D eigenvalue weighted by atomic mass is 16.6. The van der Waals surface area contributed by atoms with Crippen molar-refractivity contribution in [3.63, 3.8) is 0 Å². The second kappa shape index (κ2) is 6.83. The summed E-state index contributed by atoms with van der Waals surface area (Å²) in [6, 6.07) is 10.6. The van der Waals surface area contributed by atoms with Gasteiger partial charge >= 0.3 is 5.97 Å². The predicted octanol–water partition coefficient (Wildman–Crippen LogP) is 3.11. The molecule has 0 radical (unpaired) electrons. The summed E-state index contributed by atoms with van der Waals surface area (Å²) in [4.78, 5) is 17.9. The molecule has 30 heavy (non-hydrogen) atoms. The van der Waals surface area contributed by atoms with E-state index in [1.54, 1.807) is 0 Å². The number of hydrogen-bond donors (Lipinski definition) is 0. The van der Waals surface area contributed by atoms with Gasteiger partial charge in [0.15, 0.2) is 0 Å². The second-order valence-electron chi connectivity index (χ2n) is 10.2. The maximum atomic E-state index is 13.0. The van der Waals surface area contributed by atoms with E-state index in [-0.39, 0.29) is 23.6 Å². The molecule has 3 heterocycles. The molecule has 7 atom stereocenters. The quantitative estimate of drug-likeness (QED) is 0.437. The first-order valence-corrected chi connectivity index (χ1v) is 11.6. The monoisotopic (exact) mass is 408 g/mol. The molecular formula is C25H32N2O3. The molecule has 1 aromatic rings. The molecule has 0 N–H and O–H groups in total. The lowest BCUT2D eigenvalue weighted by molar-refractivity contribution is -0.147. The van der Waals surface area contributed by atoms with Gasteiger partial charge in [0.1, 0.15) is 6.10 Å². The molecule has 2 saturated carbocycles. The van der Waals surface area contributed by atoms with Gasteiger partial charge in [-0.1, -0.05) is 30.4 Å². The number of hydrogen-bond acceptors (Lipinski definition) is 5. The largest absolute Gasteiger partial charge is 0.461 e. The summed E-state index contributed by atoms with van der Waals surface area (Å²) < 4.78 is 12.2. The molecule has 0 amide bonds. The van der Waals surface area contributed by atoms with E-state index in [0.717, 1.165) is 52.0 Å². The molecule has 2 aliphatic carbocycles. The van der Waals surface area contributed by atoms with Gasteiger partial charge in [-0.25, -0.2) is 0 Å². The van der Waals surface area contributed by atoms with Crippen molar-refractivity contribution in [1.29, 1.82) is 0 Å². The molecule has 6 rings (SSSR count). The molecule has 0 aromatic heterocycles. The van der Waals surface area contributed by atoms with Crippen molar-refractivity contribution in [2.24, 2.45) is 23.7 Å². The lowest BCUT2D eigenvalue weighted by atomic mass is 9.77. The number of epoxide rings is 1. The van der Waals surface area contributed by atoms with Gasteiger partial charge in [0.05, 0.1) is 17.6 Å². The third kappa shape index (κ3) is 2.85. The third-order valence-corrected chi connectivity index (χ3v) is 8.66. The van der Waals surface area contributed by atoms with E-state index in [0.29, 0.717) is 23.9 Å². The summed E-state index contributed by atoms with van der Waals surface area (Å²) >= 11 is 0. The van der Waals surface area contributed by atoms with E-state index < -0.39 is 0 Å². The number of piperazine rings is 1. The molecule has 0 spiro atoms. The number of para-hydroxylation sites is 1. The lowest BCUT2D eigenvalue weighted by Gasteiger charge is -2.37. The van der Waals surface area contributed by atoms with Crippen LogP contribution in [0.1, 0.15) is 26.2 Å². The first-order valence-electron chi connectivity index (χ1n) is 11.6. The number of esters is 1. The summed E-state index contributed by atoms with van der Waals surface area (Å²) in [5.41, 5.74) is 2.55. The normalized spacial score (nSPS) is 42.9. The molecular weight excluding hydrogens is 376 g/mol. The van der Waals surface area contributed by atoms with Crippen molar-refractivity contribution in [1.82, 2.24) is 4.90 Å². The van der Waals surface area contributed by atoms with Gasteiger partial charge < -0.3 is 14.4 Å². The fourth-order valence-electron chi connectivity index (χ4n) is 6.87. The van der Waals surface area contributed by atoms with Crippen molar-refractivity contribution in [2.45, 2.75) is 44.0 Å². The van der Waals surface area contributed by atoms with Crippen LogP contribution in [-0.4, -0.2) is 61.4 Å². The van der Waals surface area contributed by atoms with Crippen LogP contribution in [0.15, 0.2) is 42.5 Å². The Balaban J connectivity index is 1.15. The fourth-order valence-corrected chi connectivity index (χ4v) is 6.87. The van der Waals surface area contributed by atoms with Crippen molar-refractivity contribution in [2.75, 3.05) is 37.6 Å². The predicted molar refractivity (Wildman–Crippen MR) is 115 cm³/mol. The Morgan fingerprint density at radius 3 is 2.70 bits per heavy atom. The average molecular weight is 409 g/mol. The average Bonchev–Trinajstić information content (AvgIpc) is 3.24. The molecule has 1 aromatic carbocycles. The highest BCUT2D eigenvalue weighted by Crippen LogP contribution is 2.63. The van der Waals surface area contributed by atoms with E-state index in [9.17, 15) is 4.79 Å². The topological polar surface area (TPSA) is 45.3 Å². The number of fused-ring (bicyclic) bond motifs is 5. The highest BCUT2D eigenvalue weighted by Gasteiger charge is 2.71. The van der Waals surface area contributed by atoms with Crippen LogP contribution in [0.5, 0.6) is 0 Å². The molecule has 5 heteroatoms. The van der Waals surface area contributed by atoms with Gasteiger partial charge in [0, 0.05) is 50.2 Å². The van der Waals surface area contributed by atoms with E-state index >= 15 is 0 Å². The Hall–Kier alpha value is -1.85. The maximum absolute atomic E-state index is 13.0. The van der Waals surface area contributed by atoms with Crippen molar-refractivity contribution >= 4 is 11.7 Å². The molecule has 3 saturated heterocycles. The van der Waals surface area contributed by atoms with Crippen molar-refractivity contribution in [3.05, 3.63) is 42.5 Å². The second-order valence-corrected chi connectivity index (χ2v) is 10.2. The van der Waals surface area contributed by atoms with E-state index in [1.807, 2.05) is 0 Å². The fraction of sp³-hybridized carbons (Fsp3) is 0.640. The maximum Gasteiger partial charge on any atom is 0.310 e. The van der Waals surface area contributed by atoms with Crippen LogP contribution in [0.4, 0.5) is 5.69 Å². The standard InChI is InChI=1S/C25H32N2O3/c1-16-8-9-18-20(15-26-10-12-27(13-11-26)17-6-4-3-5-7-17)24(28)29-23(18)22-19(16)14-21-25(22,2)30-21/h3-7,18-23H,1,8-15H2,2H3/t18-,19-,20+,21-,22-,23-,25+/m0/s1. The van der Waals surface area contributed by atoms with Gasteiger partial charge in [-0.05, 0) is 44.2 Å². The van der Waals surface area contributed by atoms with Crippen molar-refractivity contribution in [3.8, 4) is 0 Å². The molecule has 5 nitrogen and oxygen atoms in total. The van der Waals surface area contributed by atoms with Crippen LogP contribution >= 0.6 is 0 Å². The Bertz CT molecular complexity index is 849. The first kappa shape index (κ1) is 18.9. The number of nitrogens with zero attached hydrogens (tertiary/aromatic N) is 2. The Kier molecular flexibility index (Phi) is 4.30. The number of carbonyl (C=O) groups excluding carboxylic acids is 1. The molecule has 5 aliphatic rings. The van der Waals surface area contributed by atoms with Crippen LogP contribution in [0.3, 0.4) is 0 Å². The van der Waals surface area contributed by atoms with Gasteiger partial charge in [-0.3, -0.25) is 9.69 Å². The summed E-state index contributed by atoms with van der Waals surface area (Å²) in [7, 11) is 0. The smallest absolute Gasteiger partial charge is 0.310 e. The summed E-state index contributed by atoms with van der Waals surface area (Å²) in [6.45, 7) is 11.5. The first-order chi connectivity index (χ1) is 14.5. The number of rotatable bonds is 3. The molecule has 160 valence electrons. The highest BCUT2D eigenvalue weighted by molar-refractivity contribution is 5.76. The SMILES string of the molecule is C=C1CC[C@@H]2[C@H](OC(=O)[C@@H]2CN2CCN(c3ccccc3)CC2)[C@@H]2[C@H]1C[C@@H]1O[C@@]21C. The number of benzene rings is 1. The van der Waals surface area contributed by atoms with Crippen LogP contribution in [0.25, 0.3) is 0 Å². The zero-order valence-electron chi connectivity index (χ0n) is 17.8. The van der Waals surface area contributed by atoms with Crippen LogP contribution in [0, 0.1) is 23.7 Å². The van der Waals surface area contributed by atoms with Crippen LogP contribution < -0.4 is 4.90 Å². The van der Waals surface area contributed by atoms with Crippen LogP contribution in [-0.2, 0) is 14.3 Å². The van der Waals surface area contributed by atoms with Crippen molar-refractivity contribution < 1.29 is 14.3 Å². The number of anilines is 1. The summed E-state index contributed by atoms with van der Waals surface area (Å²) in [6.07, 6.45) is 3.46. The number of allylic oxidation sites excluding steroid dienone is 1. The molecule has 0 bridgehead atoms. The minimum absolute atomic E-state index is 0.00812. The molecule has 5 fully saturated rings.